The smallest absolute Gasteiger partial charge is 0.212 e. The Morgan fingerprint density at radius 1 is 1.57 bits per heavy atom. The Morgan fingerprint density at radius 2 is 2.43 bits per heavy atom. The van der Waals surface area contributed by atoms with Gasteiger partial charge in [-0.15, -0.1) is 0 Å². The SMILES string of the molecule is N=C1SCCN1Cc1ccc(F)nc1. The molecule has 14 heavy (non-hydrogen) atoms. The third kappa shape index (κ3) is 2.04. The van der Waals surface area contributed by atoms with Crippen LogP contribution in [0, 0.1) is 11.4 Å². The van der Waals surface area contributed by atoms with Crippen LogP contribution in [-0.2, 0) is 6.54 Å². The van der Waals surface area contributed by atoms with Crippen molar-refractivity contribution in [3.05, 3.63) is 29.8 Å². The van der Waals surface area contributed by atoms with Gasteiger partial charge in [0, 0.05) is 25.0 Å². The molecule has 0 aromatic carbocycles. The van der Waals surface area contributed by atoms with Gasteiger partial charge in [-0.25, -0.2) is 4.98 Å². The minimum absolute atomic E-state index is 0.459. The zero-order valence-electron chi connectivity index (χ0n) is 7.53. The fourth-order valence-corrected chi connectivity index (χ4v) is 2.16. The van der Waals surface area contributed by atoms with Crippen LogP contribution >= 0.6 is 11.8 Å². The Labute approximate surface area is 85.8 Å². The Balaban J connectivity index is 2.03. The second-order valence-electron chi connectivity index (χ2n) is 3.06. The molecule has 1 aliphatic rings. The maximum absolute atomic E-state index is 12.5. The number of aromatic nitrogens is 1. The lowest BCUT2D eigenvalue weighted by molar-refractivity contribution is 0.452. The van der Waals surface area contributed by atoms with Gasteiger partial charge in [0.1, 0.15) is 0 Å². The van der Waals surface area contributed by atoms with Gasteiger partial charge in [0.15, 0.2) is 5.17 Å². The number of nitrogens with one attached hydrogen (secondary N) is 1. The van der Waals surface area contributed by atoms with E-state index in [1.165, 1.54) is 12.3 Å². The summed E-state index contributed by atoms with van der Waals surface area (Å²) in [5, 5.41) is 8.18. The average Bonchev–Trinajstić information content (AvgIpc) is 2.56. The van der Waals surface area contributed by atoms with E-state index >= 15 is 0 Å². The molecule has 5 heteroatoms. The highest BCUT2D eigenvalue weighted by Crippen LogP contribution is 2.18. The van der Waals surface area contributed by atoms with Crippen LogP contribution in [0.5, 0.6) is 0 Å². The highest BCUT2D eigenvalue weighted by atomic mass is 32.2. The molecule has 0 amide bonds. The van der Waals surface area contributed by atoms with Gasteiger partial charge in [0.25, 0.3) is 0 Å². The first kappa shape index (κ1) is 9.45. The van der Waals surface area contributed by atoms with Gasteiger partial charge in [-0.3, -0.25) is 5.41 Å². The molecule has 1 saturated heterocycles. The van der Waals surface area contributed by atoms with Crippen LogP contribution in [0.1, 0.15) is 5.56 Å². The first-order valence-electron chi connectivity index (χ1n) is 4.32. The van der Waals surface area contributed by atoms with Crippen LogP contribution in [0.2, 0.25) is 0 Å². The fourth-order valence-electron chi connectivity index (χ4n) is 1.32. The predicted octanol–water partition coefficient (Wildman–Crippen LogP) is 1.70. The van der Waals surface area contributed by atoms with Crippen molar-refractivity contribution in [3.8, 4) is 0 Å². The van der Waals surface area contributed by atoms with Gasteiger partial charge in [-0.2, -0.15) is 4.39 Å². The number of hydrogen-bond acceptors (Lipinski definition) is 3. The van der Waals surface area contributed by atoms with Crippen molar-refractivity contribution in [1.29, 1.82) is 5.41 Å². The summed E-state index contributed by atoms with van der Waals surface area (Å²) in [5.41, 5.74) is 0.943. The molecule has 1 fully saturated rings. The third-order valence-corrected chi connectivity index (χ3v) is 2.97. The van der Waals surface area contributed by atoms with E-state index in [2.05, 4.69) is 4.98 Å². The summed E-state index contributed by atoms with van der Waals surface area (Å²) < 4.78 is 12.5. The highest BCUT2D eigenvalue weighted by Gasteiger charge is 2.17. The maximum atomic E-state index is 12.5. The molecule has 0 unspecified atom stereocenters. The molecule has 2 heterocycles. The maximum Gasteiger partial charge on any atom is 0.212 e. The van der Waals surface area contributed by atoms with E-state index in [0.29, 0.717) is 11.7 Å². The number of rotatable bonds is 2. The molecule has 0 spiro atoms. The molecule has 1 aromatic rings. The molecule has 0 atom stereocenters. The van der Waals surface area contributed by atoms with E-state index in [9.17, 15) is 4.39 Å². The van der Waals surface area contributed by atoms with Gasteiger partial charge in [-0.05, 0) is 11.6 Å². The number of nitrogens with zero attached hydrogens (tertiary/aromatic N) is 2. The Kier molecular flexibility index (Phi) is 2.67. The molecule has 3 nitrogen and oxygen atoms in total. The third-order valence-electron chi connectivity index (χ3n) is 2.05. The van der Waals surface area contributed by atoms with Crippen LogP contribution in [0.4, 0.5) is 4.39 Å². The fraction of sp³-hybridized carbons (Fsp3) is 0.333. The van der Waals surface area contributed by atoms with Crippen molar-refractivity contribution >= 4 is 16.9 Å². The molecule has 0 saturated carbocycles. The molecule has 1 aliphatic heterocycles. The van der Waals surface area contributed by atoms with E-state index in [0.717, 1.165) is 17.9 Å². The normalized spacial score (nSPS) is 16.4. The minimum Gasteiger partial charge on any atom is -0.346 e. The lowest BCUT2D eigenvalue weighted by Crippen LogP contribution is -2.22. The number of halogens is 1. The topological polar surface area (TPSA) is 40.0 Å². The highest BCUT2D eigenvalue weighted by molar-refractivity contribution is 8.14. The van der Waals surface area contributed by atoms with Crippen molar-refractivity contribution < 1.29 is 4.39 Å². The van der Waals surface area contributed by atoms with E-state index in [4.69, 9.17) is 5.41 Å². The first-order chi connectivity index (χ1) is 6.75. The lowest BCUT2D eigenvalue weighted by atomic mass is 10.3. The van der Waals surface area contributed by atoms with E-state index < -0.39 is 5.95 Å². The van der Waals surface area contributed by atoms with Crippen LogP contribution < -0.4 is 0 Å². The molecule has 1 aromatic heterocycles. The molecule has 1 N–H and O–H groups in total. The number of thioether (sulfide) groups is 1. The number of pyridine rings is 1. The van der Waals surface area contributed by atoms with Gasteiger partial charge in [0.2, 0.25) is 5.95 Å². The van der Waals surface area contributed by atoms with Crippen molar-refractivity contribution in [3.63, 3.8) is 0 Å². The average molecular weight is 211 g/mol. The standard InChI is InChI=1S/C9H10FN3S/c10-8-2-1-7(5-12-8)6-13-3-4-14-9(13)11/h1-2,5,11H,3-4,6H2. The minimum atomic E-state index is -0.459. The van der Waals surface area contributed by atoms with Crippen LogP contribution in [-0.4, -0.2) is 27.3 Å². The molecule has 0 bridgehead atoms. The summed E-state index contributed by atoms with van der Waals surface area (Å²) in [6.45, 7) is 1.54. The second kappa shape index (κ2) is 3.96. The van der Waals surface area contributed by atoms with Crippen molar-refractivity contribution in [1.82, 2.24) is 9.88 Å². The van der Waals surface area contributed by atoms with E-state index in [1.54, 1.807) is 17.8 Å². The summed E-state index contributed by atoms with van der Waals surface area (Å²) in [7, 11) is 0. The van der Waals surface area contributed by atoms with Gasteiger partial charge < -0.3 is 4.90 Å². The van der Waals surface area contributed by atoms with Crippen LogP contribution in [0.3, 0.4) is 0 Å². The first-order valence-corrected chi connectivity index (χ1v) is 5.31. The molecule has 2 rings (SSSR count). The van der Waals surface area contributed by atoms with E-state index in [1.807, 2.05) is 4.90 Å². The molecule has 74 valence electrons. The summed E-state index contributed by atoms with van der Waals surface area (Å²) in [4.78, 5) is 5.53. The van der Waals surface area contributed by atoms with Gasteiger partial charge >= 0.3 is 0 Å². The zero-order valence-corrected chi connectivity index (χ0v) is 8.35. The largest absolute Gasteiger partial charge is 0.346 e. The summed E-state index contributed by atoms with van der Waals surface area (Å²) in [5.74, 6) is 0.507. The Morgan fingerprint density at radius 3 is 3.00 bits per heavy atom. The monoisotopic (exact) mass is 211 g/mol. The zero-order chi connectivity index (χ0) is 9.97. The lowest BCUT2D eigenvalue weighted by Gasteiger charge is -2.15. The quantitative estimate of drug-likeness (QED) is 0.757. The molecular weight excluding hydrogens is 201 g/mol. The molecule has 0 aliphatic carbocycles. The van der Waals surface area contributed by atoms with Crippen molar-refractivity contribution in [2.24, 2.45) is 0 Å². The number of amidine groups is 1. The number of hydrogen-bond donors (Lipinski definition) is 1. The Bertz CT molecular complexity index is 338. The molecule has 0 radical (unpaired) electrons. The summed E-state index contributed by atoms with van der Waals surface area (Å²) >= 11 is 1.54. The van der Waals surface area contributed by atoms with Crippen molar-refractivity contribution in [2.45, 2.75) is 6.54 Å². The van der Waals surface area contributed by atoms with E-state index in [-0.39, 0.29) is 0 Å². The van der Waals surface area contributed by atoms with Crippen LogP contribution in [0.15, 0.2) is 18.3 Å². The van der Waals surface area contributed by atoms with Gasteiger partial charge in [-0.1, -0.05) is 17.8 Å². The van der Waals surface area contributed by atoms with Crippen LogP contribution in [0.25, 0.3) is 0 Å². The molecular formula is C9H10FN3S. The summed E-state index contributed by atoms with van der Waals surface area (Å²) in [6.07, 6.45) is 1.52. The van der Waals surface area contributed by atoms with Gasteiger partial charge in [0.05, 0.1) is 0 Å². The van der Waals surface area contributed by atoms with Crippen molar-refractivity contribution in [2.75, 3.05) is 12.3 Å². The Hall–Kier alpha value is -1.10. The predicted molar refractivity (Wildman–Crippen MR) is 54.8 cm³/mol. The summed E-state index contributed by atoms with van der Waals surface area (Å²) in [6, 6.07) is 3.06. The second-order valence-corrected chi connectivity index (χ2v) is 4.15.